The van der Waals surface area contributed by atoms with Crippen LogP contribution in [0.15, 0.2) is 48.5 Å². The Hall–Kier alpha value is -3.46. The van der Waals surface area contributed by atoms with Crippen molar-refractivity contribution in [2.45, 2.75) is 0 Å². The molecule has 9 heteroatoms. The van der Waals surface area contributed by atoms with Crippen molar-refractivity contribution in [1.82, 2.24) is 4.90 Å². The summed E-state index contributed by atoms with van der Waals surface area (Å²) in [6, 6.07) is 12.7. The number of likely N-dealkylation sites (N-methyl/N-ethyl adjacent to an activating group) is 1. The van der Waals surface area contributed by atoms with Gasteiger partial charge in [-0.3, -0.25) is 24.6 Å². The lowest BCUT2D eigenvalue weighted by molar-refractivity contribution is -0.383. The van der Waals surface area contributed by atoms with Crippen molar-refractivity contribution in [3.8, 4) is 5.75 Å². The van der Waals surface area contributed by atoms with Crippen molar-refractivity contribution in [2.24, 2.45) is 0 Å². The molecule has 0 unspecified atom stereocenters. The number of carbonyl (C=O) groups is 2. The van der Waals surface area contributed by atoms with Crippen LogP contribution in [0.2, 0.25) is 0 Å². The van der Waals surface area contributed by atoms with Gasteiger partial charge in [0.1, 0.15) is 11.4 Å². The first kappa shape index (κ1) is 19.9. The number of hydrogen-bond donors (Lipinski definition) is 2. The number of methoxy groups -OCH3 is 1. The van der Waals surface area contributed by atoms with Gasteiger partial charge in [-0.2, -0.15) is 0 Å². The quantitative estimate of drug-likeness (QED) is 0.542. The number of nitrogens with one attached hydrogen (secondary N) is 2. The van der Waals surface area contributed by atoms with Crippen LogP contribution in [0.4, 0.5) is 17.1 Å². The number of para-hydroxylation sites is 2. The van der Waals surface area contributed by atoms with Crippen LogP contribution in [0.3, 0.4) is 0 Å². The highest BCUT2D eigenvalue weighted by atomic mass is 16.6. The standard InChI is InChI=1S/C18H20N4O5/c1-21(11-17(23)19-13-7-9-14(27-2)10-8-13)12-18(24)20-15-5-3-4-6-16(15)22(25)26/h3-10H,11-12H2,1-2H3,(H,19,23)(H,20,24). The summed E-state index contributed by atoms with van der Waals surface area (Å²) in [4.78, 5) is 36.0. The van der Waals surface area contributed by atoms with Crippen LogP contribution in [-0.4, -0.2) is 48.9 Å². The van der Waals surface area contributed by atoms with E-state index in [0.717, 1.165) is 0 Å². The molecule has 2 aromatic carbocycles. The number of nitrogens with zero attached hydrogens (tertiary/aromatic N) is 2. The molecule has 0 atom stereocenters. The number of hydrogen-bond acceptors (Lipinski definition) is 6. The third-order valence-corrected chi connectivity index (χ3v) is 3.58. The van der Waals surface area contributed by atoms with Crippen LogP contribution in [-0.2, 0) is 9.59 Å². The SMILES string of the molecule is COc1ccc(NC(=O)CN(C)CC(=O)Nc2ccccc2[N+](=O)[O-])cc1. The van der Waals surface area contributed by atoms with Gasteiger partial charge in [-0.05, 0) is 37.4 Å². The second kappa shape index (κ2) is 9.30. The van der Waals surface area contributed by atoms with Gasteiger partial charge in [0, 0.05) is 11.8 Å². The Morgan fingerprint density at radius 2 is 1.63 bits per heavy atom. The molecule has 9 nitrogen and oxygen atoms in total. The monoisotopic (exact) mass is 372 g/mol. The minimum absolute atomic E-state index is 0.0175. The first-order valence-corrected chi connectivity index (χ1v) is 8.04. The summed E-state index contributed by atoms with van der Waals surface area (Å²) in [6.45, 7) is -0.113. The van der Waals surface area contributed by atoms with Crippen molar-refractivity contribution in [1.29, 1.82) is 0 Å². The number of rotatable bonds is 8. The first-order chi connectivity index (χ1) is 12.9. The lowest BCUT2D eigenvalue weighted by atomic mass is 10.2. The fourth-order valence-electron chi connectivity index (χ4n) is 2.35. The van der Waals surface area contributed by atoms with E-state index in [1.165, 1.54) is 23.1 Å². The fourth-order valence-corrected chi connectivity index (χ4v) is 2.35. The molecule has 0 bridgehead atoms. The molecule has 27 heavy (non-hydrogen) atoms. The topological polar surface area (TPSA) is 114 Å². The molecule has 0 spiro atoms. The van der Waals surface area contributed by atoms with E-state index in [4.69, 9.17) is 4.74 Å². The van der Waals surface area contributed by atoms with Gasteiger partial charge in [0.25, 0.3) is 5.69 Å². The Labute approximate surface area is 156 Å². The molecule has 0 saturated heterocycles. The molecule has 0 saturated carbocycles. The van der Waals surface area contributed by atoms with E-state index < -0.39 is 10.8 Å². The summed E-state index contributed by atoms with van der Waals surface area (Å²) in [5, 5.41) is 16.2. The van der Waals surface area contributed by atoms with Crippen LogP contribution in [0.1, 0.15) is 0 Å². The molecule has 2 rings (SSSR count). The van der Waals surface area contributed by atoms with Gasteiger partial charge in [0.15, 0.2) is 0 Å². The van der Waals surface area contributed by atoms with Crippen molar-refractivity contribution >= 4 is 28.9 Å². The maximum Gasteiger partial charge on any atom is 0.292 e. The van der Waals surface area contributed by atoms with E-state index in [0.29, 0.717) is 11.4 Å². The van der Waals surface area contributed by atoms with E-state index in [9.17, 15) is 19.7 Å². The zero-order chi connectivity index (χ0) is 19.8. The number of carbonyl (C=O) groups excluding carboxylic acids is 2. The molecule has 2 amide bonds. The Morgan fingerprint density at radius 3 is 2.22 bits per heavy atom. The summed E-state index contributed by atoms with van der Waals surface area (Å²) in [5.74, 6) is -0.0676. The molecule has 0 fully saturated rings. The van der Waals surface area contributed by atoms with Crippen LogP contribution in [0.5, 0.6) is 5.75 Å². The molecular formula is C18H20N4O5. The lowest BCUT2D eigenvalue weighted by Gasteiger charge is -2.16. The minimum Gasteiger partial charge on any atom is -0.497 e. The van der Waals surface area contributed by atoms with E-state index in [2.05, 4.69) is 10.6 Å². The Balaban J connectivity index is 1.85. The predicted octanol–water partition coefficient (Wildman–Crippen LogP) is 2.11. The summed E-state index contributed by atoms with van der Waals surface area (Å²) in [5.41, 5.74) is 0.535. The van der Waals surface area contributed by atoms with Gasteiger partial charge in [0.05, 0.1) is 25.1 Å². The second-order valence-electron chi connectivity index (χ2n) is 5.77. The number of ether oxygens (including phenoxy) is 1. The number of nitro groups is 1. The molecule has 2 aromatic rings. The van der Waals surface area contributed by atoms with Crippen LogP contribution in [0.25, 0.3) is 0 Å². The highest BCUT2D eigenvalue weighted by Gasteiger charge is 2.16. The van der Waals surface area contributed by atoms with Crippen LogP contribution >= 0.6 is 0 Å². The van der Waals surface area contributed by atoms with E-state index in [1.807, 2.05) is 0 Å². The highest BCUT2D eigenvalue weighted by molar-refractivity contribution is 5.95. The number of nitro benzene ring substituents is 1. The first-order valence-electron chi connectivity index (χ1n) is 8.04. The Bertz CT molecular complexity index is 823. The molecule has 142 valence electrons. The van der Waals surface area contributed by atoms with Crippen LogP contribution < -0.4 is 15.4 Å². The summed E-state index contributed by atoms with van der Waals surface area (Å²) in [7, 11) is 3.16. The minimum atomic E-state index is -0.568. The Morgan fingerprint density at radius 1 is 1.04 bits per heavy atom. The van der Waals surface area contributed by atoms with Gasteiger partial charge in [-0.15, -0.1) is 0 Å². The fraction of sp³-hybridized carbons (Fsp3) is 0.222. The van der Waals surface area contributed by atoms with Crippen molar-refractivity contribution in [3.63, 3.8) is 0 Å². The summed E-state index contributed by atoms with van der Waals surface area (Å²) < 4.78 is 5.05. The van der Waals surface area contributed by atoms with Gasteiger partial charge in [-0.1, -0.05) is 12.1 Å². The summed E-state index contributed by atoms with van der Waals surface area (Å²) in [6.07, 6.45) is 0. The smallest absolute Gasteiger partial charge is 0.292 e. The zero-order valence-electron chi connectivity index (χ0n) is 15.0. The summed E-state index contributed by atoms with van der Waals surface area (Å²) >= 11 is 0. The average molecular weight is 372 g/mol. The van der Waals surface area contributed by atoms with Crippen LogP contribution in [0, 0.1) is 10.1 Å². The molecule has 0 heterocycles. The maximum atomic E-state index is 12.1. The third kappa shape index (κ3) is 6.08. The van der Waals surface area contributed by atoms with E-state index in [-0.39, 0.29) is 30.4 Å². The van der Waals surface area contributed by atoms with Gasteiger partial charge in [-0.25, -0.2) is 0 Å². The molecule has 0 aliphatic carbocycles. The molecule has 0 aromatic heterocycles. The van der Waals surface area contributed by atoms with Crippen molar-refractivity contribution in [3.05, 3.63) is 58.6 Å². The third-order valence-electron chi connectivity index (χ3n) is 3.58. The van der Waals surface area contributed by atoms with Gasteiger partial charge in [0.2, 0.25) is 11.8 Å². The number of benzene rings is 2. The molecular weight excluding hydrogens is 352 g/mol. The normalized spacial score (nSPS) is 10.3. The Kier molecular flexibility index (Phi) is 6.84. The van der Waals surface area contributed by atoms with E-state index in [1.54, 1.807) is 44.5 Å². The molecule has 0 aliphatic heterocycles. The van der Waals surface area contributed by atoms with Crippen molar-refractivity contribution in [2.75, 3.05) is 37.9 Å². The predicted molar refractivity (Wildman–Crippen MR) is 101 cm³/mol. The largest absolute Gasteiger partial charge is 0.497 e. The molecule has 2 N–H and O–H groups in total. The maximum absolute atomic E-state index is 12.1. The van der Waals surface area contributed by atoms with Gasteiger partial charge < -0.3 is 15.4 Å². The zero-order valence-corrected chi connectivity index (χ0v) is 15.0. The lowest BCUT2D eigenvalue weighted by Crippen LogP contribution is -2.36. The van der Waals surface area contributed by atoms with Gasteiger partial charge >= 0.3 is 0 Å². The molecule has 0 aliphatic rings. The second-order valence-corrected chi connectivity index (χ2v) is 5.77. The van der Waals surface area contributed by atoms with Crippen molar-refractivity contribution < 1.29 is 19.2 Å². The van der Waals surface area contributed by atoms with E-state index >= 15 is 0 Å². The average Bonchev–Trinajstić information content (AvgIpc) is 2.62. The number of anilines is 2. The molecule has 0 radical (unpaired) electrons. The number of amides is 2. The highest BCUT2D eigenvalue weighted by Crippen LogP contribution is 2.23.